The Labute approximate surface area is 180 Å². The van der Waals surface area contributed by atoms with Crippen molar-refractivity contribution < 1.29 is 22.0 Å². The van der Waals surface area contributed by atoms with Gasteiger partial charge in [0.15, 0.2) is 0 Å². The van der Waals surface area contributed by atoms with Crippen molar-refractivity contribution in [2.24, 2.45) is 0 Å². The number of hydrogen-bond donors (Lipinski definition) is 1. The number of nitrogens with one attached hydrogen (secondary N) is 1. The van der Waals surface area contributed by atoms with Gasteiger partial charge in [0.05, 0.1) is 18.5 Å². The zero-order chi connectivity index (χ0) is 22.8. The van der Waals surface area contributed by atoms with E-state index in [1.54, 1.807) is 24.3 Å². The largest absolute Gasteiger partial charge is 0.317 e. The van der Waals surface area contributed by atoms with Crippen LogP contribution in [0.15, 0.2) is 60.7 Å². The van der Waals surface area contributed by atoms with Gasteiger partial charge in [0, 0.05) is 5.56 Å². The highest BCUT2D eigenvalue weighted by Crippen LogP contribution is 2.24. The van der Waals surface area contributed by atoms with E-state index in [0.717, 1.165) is 29.5 Å². The average molecular weight is 445 g/mol. The fourth-order valence-corrected chi connectivity index (χ4v) is 3.89. The lowest BCUT2D eigenvalue weighted by Gasteiger charge is -2.23. The molecule has 3 aromatic carbocycles. The molecule has 0 unspecified atom stereocenters. The number of nitrogens with zero attached hydrogens (tertiary/aromatic N) is 1. The topological polar surface area (TPSA) is 66.5 Å². The van der Waals surface area contributed by atoms with E-state index in [4.69, 9.17) is 0 Å². The van der Waals surface area contributed by atoms with Crippen LogP contribution in [0.3, 0.4) is 0 Å². The molecular weight excluding hydrogens is 422 g/mol. The van der Waals surface area contributed by atoms with E-state index < -0.39 is 33.3 Å². The van der Waals surface area contributed by atoms with Gasteiger partial charge in [-0.25, -0.2) is 17.2 Å². The number of carbonyl (C=O) groups excluding carboxylic acids is 1. The summed E-state index contributed by atoms with van der Waals surface area (Å²) < 4.78 is 53.5. The van der Waals surface area contributed by atoms with E-state index in [9.17, 15) is 22.0 Å². The van der Waals surface area contributed by atoms with E-state index >= 15 is 0 Å². The van der Waals surface area contributed by atoms with Crippen LogP contribution in [0, 0.1) is 25.5 Å². The van der Waals surface area contributed by atoms with Gasteiger partial charge >= 0.3 is 0 Å². The summed E-state index contributed by atoms with van der Waals surface area (Å²) in [5.74, 6) is -2.42. The predicted octanol–water partition coefficient (Wildman–Crippen LogP) is 4.80. The molecule has 3 rings (SSSR count). The molecule has 0 bridgehead atoms. The van der Waals surface area contributed by atoms with Gasteiger partial charge in [0.2, 0.25) is 10.0 Å². The third-order valence-electron chi connectivity index (χ3n) is 4.92. The molecule has 1 N–H and O–H groups in total. The molecule has 8 heteroatoms. The van der Waals surface area contributed by atoms with Gasteiger partial charge < -0.3 is 5.32 Å². The molecule has 0 spiro atoms. The molecule has 5 nitrogen and oxygen atoms in total. The lowest BCUT2D eigenvalue weighted by Crippen LogP contribution is -2.29. The van der Waals surface area contributed by atoms with Crippen LogP contribution in [0.1, 0.15) is 27.0 Å². The number of aryl methyl sites for hydroxylation is 2. The number of anilines is 2. The molecule has 0 fully saturated rings. The van der Waals surface area contributed by atoms with Gasteiger partial charge in [0.25, 0.3) is 5.91 Å². The van der Waals surface area contributed by atoms with Crippen LogP contribution < -0.4 is 9.62 Å². The maximum Gasteiger partial charge on any atom is 0.255 e. The zero-order valence-electron chi connectivity index (χ0n) is 17.3. The first-order valence-electron chi connectivity index (χ1n) is 9.45. The van der Waals surface area contributed by atoms with Crippen molar-refractivity contribution in [3.05, 3.63) is 94.6 Å². The molecule has 0 atom stereocenters. The van der Waals surface area contributed by atoms with Crippen molar-refractivity contribution in [2.75, 3.05) is 15.9 Å². The molecule has 1 amide bonds. The minimum absolute atomic E-state index is 0.0746. The Morgan fingerprint density at radius 3 is 2.10 bits per heavy atom. The summed E-state index contributed by atoms with van der Waals surface area (Å²) in [6.07, 6.45) is 1.13. The second kappa shape index (κ2) is 8.85. The van der Waals surface area contributed by atoms with Gasteiger partial charge in [-0.3, -0.25) is 9.10 Å². The summed E-state index contributed by atoms with van der Waals surface area (Å²) in [6.45, 7) is 3.93. The lowest BCUT2D eigenvalue weighted by atomic mass is 10.1. The van der Waals surface area contributed by atoms with Crippen molar-refractivity contribution in [3.63, 3.8) is 0 Å². The van der Waals surface area contributed by atoms with E-state index in [0.29, 0.717) is 11.3 Å². The molecule has 0 saturated heterocycles. The first kappa shape index (κ1) is 22.4. The summed E-state index contributed by atoms with van der Waals surface area (Å²) in [4.78, 5) is 12.4. The Hall–Kier alpha value is -3.26. The fraction of sp³-hybridized carbons (Fsp3) is 0.174. The predicted molar refractivity (Wildman–Crippen MR) is 118 cm³/mol. The van der Waals surface area contributed by atoms with Crippen molar-refractivity contribution in [3.8, 4) is 0 Å². The molecule has 31 heavy (non-hydrogen) atoms. The van der Waals surface area contributed by atoms with Crippen LogP contribution >= 0.6 is 0 Å². The Balaban J connectivity index is 1.81. The van der Waals surface area contributed by atoms with Crippen molar-refractivity contribution in [1.29, 1.82) is 0 Å². The zero-order valence-corrected chi connectivity index (χ0v) is 18.1. The number of benzene rings is 3. The normalized spacial score (nSPS) is 11.3. The average Bonchev–Trinajstić information content (AvgIpc) is 2.71. The number of rotatable bonds is 6. The molecule has 162 valence electrons. The third-order valence-corrected chi connectivity index (χ3v) is 6.06. The number of sulfonamides is 1. The van der Waals surface area contributed by atoms with Crippen LogP contribution in [0.4, 0.5) is 20.2 Å². The monoisotopic (exact) mass is 444 g/mol. The van der Waals surface area contributed by atoms with Gasteiger partial charge in [-0.2, -0.15) is 0 Å². The van der Waals surface area contributed by atoms with Crippen LogP contribution in [0.5, 0.6) is 0 Å². The molecule has 0 heterocycles. The Morgan fingerprint density at radius 1 is 0.935 bits per heavy atom. The van der Waals surface area contributed by atoms with E-state index in [1.165, 1.54) is 22.5 Å². The Morgan fingerprint density at radius 2 is 1.55 bits per heavy atom. The third kappa shape index (κ3) is 5.27. The summed E-state index contributed by atoms with van der Waals surface area (Å²) >= 11 is 0. The molecule has 0 aliphatic rings. The van der Waals surface area contributed by atoms with Gasteiger partial charge in [-0.1, -0.05) is 24.3 Å². The fourth-order valence-electron chi connectivity index (χ4n) is 3.01. The summed E-state index contributed by atoms with van der Waals surface area (Å²) in [6, 6.07) is 14.9. The molecule has 0 aliphatic carbocycles. The van der Waals surface area contributed by atoms with Crippen LogP contribution in [-0.2, 0) is 16.6 Å². The minimum atomic E-state index is -3.55. The molecule has 0 saturated carbocycles. The standard InChI is InChI=1S/C23H22F2N2O3S/c1-15-7-12-19(13-16(15)2)27(31(3,29)30)14-17-8-10-18(11-9-17)23(28)26-22-20(24)5-4-6-21(22)25/h4-13H,14H2,1-3H3,(H,26,28). The second-order valence-electron chi connectivity index (χ2n) is 7.29. The van der Waals surface area contributed by atoms with Crippen LogP contribution in [0.2, 0.25) is 0 Å². The molecule has 0 aliphatic heterocycles. The highest BCUT2D eigenvalue weighted by Gasteiger charge is 2.19. The number of hydrogen-bond acceptors (Lipinski definition) is 3. The molecule has 0 aromatic heterocycles. The van der Waals surface area contributed by atoms with E-state index in [-0.39, 0.29) is 12.1 Å². The first-order chi connectivity index (χ1) is 14.6. The number of carbonyl (C=O) groups is 1. The maximum absolute atomic E-state index is 13.7. The van der Waals surface area contributed by atoms with Crippen molar-refractivity contribution in [1.82, 2.24) is 0 Å². The molecule has 0 radical (unpaired) electrons. The van der Waals surface area contributed by atoms with Crippen molar-refractivity contribution in [2.45, 2.75) is 20.4 Å². The summed E-state index contributed by atoms with van der Waals surface area (Å²) in [7, 11) is -3.55. The highest BCUT2D eigenvalue weighted by molar-refractivity contribution is 7.92. The first-order valence-corrected chi connectivity index (χ1v) is 11.3. The summed E-state index contributed by atoms with van der Waals surface area (Å²) in [5, 5.41) is 2.22. The second-order valence-corrected chi connectivity index (χ2v) is 9.19. The lowest BCUT2D eigenvalue weighted by molar-refractivity contribution is 0.102. The van der Waals surface area contributed by atoms with E-state index in [2.05, 4.69) is 5.32 Å². The van der Waals surface area contributed by atoms with Gasteiger partial charge in [0.1, 0.15) is 17.3 Å². The van der Waals surface area contributed by atoms with Gasteiger partial charge in [-0.15, -0.1) is 0 Å². The van der Waals surface area contributed by atoms with Crippen molar-refractivity contribution >= 4 is 27.3 Å². The van der Waals surface area contributed by atoms with E-state index in [1.807, 2.05) is 19.9 Å². The summed E-state index contributed by atoms with van der Waals surface area (Å²) in [5.41, 5.74) is 2.88. The number of para-hydroxylation sites is 1. The Kier molecular flexibility index (Phi) is 6.40. The number of amides is 1. The van der Waals surface area contributed by atoms with Crippen LogP contribution in [-0.4, -0.2) is 20.6 Å². The maximum atomic E-state index is 13.7. The smallest absolute Gasteiger partial charge is 0.255 e. The molecular formula is C23H22F2N2O3S. The highest BCUT2D eigenvalue weighted by atomic mass is 32.2. The Bertz CT molecular complexity index is 1210. The SMILES string of the molecule is Cc1ccc(N(Cc2ccc(C(=O)Nc3c(F)cccc3F)cc2)S(C)(=O)=O)cc1C. The quantitative estimate of drug-likeness (QED) is 0.594. The van der Waals surface area contributed by atoms with Gasteiger partial charge in [-0.05, 0) is 66.9 Å². The molecule has 3 aromatic rings. The number of halogens is 2. The minimum Gasteiger partial charge on any atom is -0.317 e. The van der Waals surface area contributed by atoms with Crippen LogP contribution in [0.25, 0.3) is 0 Å².